The molecule has 0 saturated heterocycles. The lowest BCUT2D eigenvalue weighted by molar-refractivity contribution is -0.116. The van der Waals surface area contributed by atoms with E-state index in [1.807, 2.05) is 13.2 Å². The Morgan fingerprint density at radius 3 is 2.47 bits per heavy atom. The average Bonchev–Trinajstić information content (AvgIpc) is 2.68. The number of halogens is 2. The van der Waals surface area contributed by atoms with Crippen molar-refractivity contribution in [3.8, 4) is 0 Å². The van der Waals surface area contributed by atoms with Crippen molar-refractivity contribution in [1.29, 1.82) is 5.41 Å². The topological polar surface area (TPSA) is 112 Å². The van der Waals surface area contributed by atoms with Crippen LogP contribution in [0.3, 0.4) is 0 Å². The van der Waals surface area contributed by atoms with E-state index in [-0.39, 0.29) is 23.8 Å². The Morgan fingerprint density at radius 2 is 1.93 bits per heavy atom. The number of hydrogen-bond donors (Lipinski definition) is 5. The Labute approximate surface area is 180 Å². The van der Waals surface area contributed by atoms with E-state index in [1.54, 1.807) is 6.92 Å². The van der Waals surface area contributed by atoms with Gasteiger partial charge in [-0.3, -0.25) is 4.79 Å². The van der Waals surface area contributed by atoms with Crippen LogP contribution in [0.4, 0.5) is 14.5 Å². The van der Waals surface area contributed by atoms with Crippen LogP contribution in [-0.2, 0) is 9.53 Å². The fraction of sp³-hybridized carbons (Fsp3) is 0.400. The van der Waals surface area contributed by atoms with Crippen molar-refractivity contribution < 1.29 is 18.3 Å². The molecule has 0 fully saturated rings. The maximum absolute atomic E-state index is 13.4. The Bertz CT molecular complexity index is 775. The second kappa shape index (κ2) is 13.6. The van der Waals surface area contributed by atoms with Crippen LogP contribution in [0.1, 0.15) is 20.3 Å². The van der Waals surface area contributed by atoms with Gasteiger partial charge in [0.15, 0.2) is 0 Å². The van der Waals surface area contributed by atoms with Crippen LogP contribution in [0.25, 0.3) is 0 Å². The van der Waals surface area contributed by atoms with Crippen LogP contribution in [0.5, 0.6) is 0 Å². The number of nitrogens with one attached hydrogen (secondary N) is 4. The van der Waals surface area contributed by atoms with Gasteiger partial charge in [-0.2, -0.15) is 0 Å². The summed E-state index contributed by atoms with van der Waals surface area (Å²) in [5, 5.41) is 16.2. The minimum atomic E-state index is -0.819. The standard InChI is InChI=1S/C20H29F2N5O2S/c1-4-25-6-7-26-17(12-23)19(29-8-5-18(30-3)13(2)24)20(28)27-16-10-14(21)9-15(22)11-16/h9-12,23,25-26H,4-8,24H2,1-3H3,(H,27,28)/b18-13-,19-17-,23-12?. The highest BCUT2D eigenvalue weighted by Gasteiger charge is 2.18. The van der Waals surface area contributed by atoms with Crippen molar-refractivity contribution in [3.63, 3.8) is 0 Å². The van der Waals surface area contributed by atoms with E-state index in [0.717, 1.165) is 29.8 Å². The lowest BCUT2D eigenvalue weighted by Gasteiger charge is -2.16. The van der Waals surface area contributed by atoms with Crippen LogP contribution >= 0.6 is 11.8 Å². The number of likely N-dealkylation sites (N-methyl/N-ethyl adjacent to an activating group) is 1. The Balaban J connectivity index is 3.04. The van der Waals surface area contributed by atoms with Gasteiger partial charge in [0.1, 0.15) is 17.3 Å². The third kappa shape index (κ3) is 8.83. The van der Waals surface area contributed by atoms with E-state index in [1.165, 1.54) is 11.8 Å². The smallest absolute Gasteiger partial charge is 0.293 e. The number of allylic oxidation sites excluding steroid dienone is 2. The fourth-order valence-corrected chi connectivity index (χ4v) is 3.05. The highest BCUT2D eigenvalue weighted by atomic mass is 32.2. The number of amides is 1. The number of thioether (sulfide) groups is 1. The Morgan fingerprint density at radius 1 is 1.27 bits per heavy atom. The first-order valence-corrected chi connectivity index (χ1v) is 10.6. The van der Waals surface area contributed by atoms with Crippen LogP contribution in [-0.4, -0.2) is 44.6 Å². The predicted molar refractivity (Wildman–Crippen MR) is 118 cm³/mol. The van der Waals surface area contributed by atoms with E-state index in [4.69, 9.17) is 15.9 Å². The maximum Gasteiger partial charge on any atom is 0.293 e. The van der Waals surface area contributed by atoms with Crippen molar-refractivity contribution in [2.24, 2.45) is 5.73 Å². The molecule has 6 N–H and O–H groups in total. The number of benzene rings is 1. The third-order valence-corrected chi connectivity index (χ3v) is 4.86. The number of hydrogen-bond acceptors (Lipinski definition) is 7. The van der Waals surface area contributed by atoms with E-state index < -0.39 is 17.5 Å². The highest BCUT2D eigenvalue weighted by Crippen LogP contribution is 2.20. The monoisotopic (exact) mass is 441 g/mol. The molecule has 0 saturated carbocycles. The normalized spacial score (nSPS) is 12.6. The number of anilines is 1. The summed E-state index contributed by atoms with van der Waals surface area (Å²) < 4.78 is 32.6. The van der Waals surface area contributed by atoms with Crippen molar-refractivity contribution in [2.45, 2.75) is 20.3 Å². The fourth-order valence-electron chi connectivity index (χ4n) is 2.44. The van der Waals surface area contributed by atoms with Gasteiger partial charge in [0.25, 0.3) is 5.91 Å². The molecule has 166 valence electrons. The summed E-state index contributed by atoms with van der Waals surface area (Å²) in [6.07, 6.45) is 3.32. The predicted octanol–water partition coefficient (Wildman–Crippen LogP) is 2.92. The van der Waals surface area contributed by atoms with E-state index in [2.05, 4.69) is 16.0 Å². The highest BCUT2D eigenvalue weighted by molar-refractivity contribution is 8.02. The molecule has 0 aliphatic carbocycles. The second-order valence-electron chi connectivity index (χ2n) is 6.19. The van der Waals surface area contributed by atoms with E-state index in [0.29, 0.717) is 31.3 Å². The molecule has 0 aromatic heterocycles. The van der Waals surface area contributed by atoms with Gasteiger partial charge in [-0.1, -0.05) is 6.92 Å². The van der Waals surface area contributed by atoms with Crippen LogP contribution in [0.2, 0.25) is 0 Å². The van der Waals surface area contributed by atoms with Crippen LogP contribution in [0.15, 0.2) is 40.3 Å². The zero-order chi connectivity index (χ0) is 22.5. The minimum absolute atomic E-state index is 0.0573. The molecule has 10 heteroatoms. The molecule has 0 bridgehead atoms. The molecule has 0 unspecified atom stereocenters. The summed E-state index contributed by atoms with van der Waals surface area (Å²) >= 11 is 1.48. The lowest BCUT2D eigenvalue weighted by atomic mass is 10.2. The average molecular weight is 442 g/mol. The van der Waals surface area contributed by atoms with Crippen molar-refractivity contribution >= 4 is 29.6 Å². The summed E-state index contributed by atoms with van der Waals surface area (Å²) in [5.41, 5.74) is 6.58. The SMILES string of the molecule is CCNCCN/C(C=N)=C(\OCC/C(SC)=C(\C)N)C(=O)Nc1cc(F)cc(F)c1. The van der Waals surface area contributed by atoms with Crippen molar-refractivity contribution in [2.75, 3.05) is 37.8 Å². The van der Waals surface area contributed by atoms with Gasteiger partial charge in [0, 0.05) is 48.1 Å². The zero-order valence-corrected chi connectivity index (χ0v) is 18.2. The largest absolute Gasteiger partial charge is 0.486 e. The number of rotatable bonds is 13. The first kappa shape index (κ1) is 25.4. The lowest BCUT2D eigenvalue weighted by Crippen LogP contribution is -2.30. The first-order chi connectivity index (χ1) is 14.3. The van der Waals surface area contributed by atoms with Crippen LogP contribution in [0, 0.1) is 17.0 Å². The molecule has 0 atom stereocenters. The number of ether oxygens (including phenoxy) is 1. The molecule has 7 nitrogen and oxygen atoms in total. The van der Waals surface area contributed by atoms with E-state index >= 15 is 0 Å². The molecule has 0 spiro atoms. The van der Waals surface area contributed by atoms with Gasteiger partial charge in [-0.25, -0.2) is 8.78 Å². The number of carbonyl (C=O) groups excluding carboxylic acids is 1. The van der Waals surface area contributed by atoms with Gasteiger partial charge in [0.2, 0.25) is 5.76 Å². The molecule has 1 aromatic carbocycles. The van der Waals surface area contributed by atoms with Gasteiger partial charge in [-0.15, -0.1) is 11.8 Å². The molecular weight excluding hydrogens is 412 g/mol. The second-order valence-corrected chi connectivity index (χ2v) is 7.09. The number of carbonyl (C=O) groups is 1. The molecule has 30 heavy (non-hydrogen) atoms. The maximum atomic E-state index is 13.4. The summed E-state index contributed by atoms with van der Waals surface area (Å²) in [6, 6.07) is 2.70. The first-order valence-electron chi connectivity index (χ1n) is 9.41. The Kier molecular flexibility index (Phi) is 11.5. The molecule has 1 amide bonds. The summed E-state index contributed by atoms with van der Waals surface area (Å²) in [4.78, 5) is 13.7. The van der Waals surface area contributed by atoms with Gasteiger partial charge in [0.05, 0.1) is 6.61 Å². The summed E-state index contributed by atoms with van der Waals surface area (Å²) in [6.45, 7) is 5.72. The zero-order valence-electron chi connectivity index (χ0n) is 17.4. The Hall–Kier alpha value is -2.59. The van der Waals surface area contributed by atoms with Crippen molar-refractivity contribution in [3.05, 3.63) is 51.9 Å². The molecule has 1 rings (SSSR count). The van der Waals surface area contributed by atoms with Crippen molar-refractivity contribution in [1.82, 2.24) is 10.6 Å². The van der Waals surface area contributed by atoms with Gasteiger partial charge in [-0.05, 0) is 31.9 Å². The summed E-state index contributed by atoms with van der Waals surface area (Å²) in [5.74, 6) is -2.52. The third-order valence-electron chi connectivity index (χ3n) is 3.84. The van der Waals surface area contributed by atoms with Gasteiger partial charge >= 0.3 is 0 Å². The van der Waals surface area contributed by atoms with Gasteiger partial charge < -0.3 is 31.8 Å². The van der Waals surface area contributed by atoms with Crippen LogP contribution < -0.4 is 21.7 Å². The quantitative estimate of drug-likeness (QED) is 0.139. The molecular formula is C20H29F2N5O2S. The minimum Gasteiger partial charge on any atom is -0.486 e. The summed E-state index contributed by atoms with van der Waals surface area (Å²) in [7, 11) is 0. The molecule has 1 aromatic rings. The molecule has 0 aliphatic heterocycles. The van der Waals surface area contributed by atoms with E-state index in [9.17, 15) is 13.6 Å². The molecule has 0 radical (unpaired) electrons. The molecule has 0 aliphatic rings. The molecule has 0 heterocycles. The number of nitrogens with two attached hydrogens (primary N) is 1.